The fourth-order valence-electron chi connectivity index (χ4n) is 4.71. The van der Waals surface area contributed by atoms with Gasteiger partial charge in [-0.05, 0) is 49.4 Å². The van der Waals surface area contributed by atoms with Gasteiger partial charge in [-0.3, -0.25) is 19.1 Å². The highest BCUT2D eigenvalue weighted by atomic mass is 19.1. The van der Waals surface area contributed by atoms with Gasteiger partial charge in [0, 0.05) is 49.8 Å². The summed E-state index contributed by atoms with van der Waals surface area (Å²) in [5.74, 6) is -0.375. The highest BCUT2D eigenvalue weighted by Crippen LogP contribution is 2.20. The quantitative estimate of drug-likeness (QED) is 0.625. The number of aromatic nitrogens is 4. The molecule has 2 aromatic heterocycles. The zero-order valence-corrected chi connectivity index (χ0v) is 18.7. The Kier molecular flexibility index (Phi) is 5.95. The molecule has 9 nitrogen and oxygen atoms in total. The maximum Gasteiger partial charge on any atom is 0.328 e. The van der Waals surface area contributed by atoms with Crippen molar-refractivity contribution in [2.24, 2.45) is 0 Å². The van der Waals surface area contributed by atoms with Gasteiger partial charge in [0.05, 0.1) is 12.1 Å². The van der Waals surface area contributed by atoms with E-state index in [0.717, 1.165) is 18.5 Å². The van der Waals surface area contributed by atoms with E-state index >= 15 is 0 Å². The number of nitrogens with zero attached hydrogens (tertiary/aromatic N) is 5. The zero-order valence-electron chi connectivity index (χ0n) is 18.7. The van der Waals surface area contributed by atoms with Crippen LogP contribution in [0.5, 0.6) is 0 Å². The number of rotatable bonds is 4. The third-order valence-electron chi connectivity index (χ3n) is 6.51. The number of H-pyrrole nitrogens is 1. The first-order chi connectivity index (χ1) is 16.5. The maximum atomic E-state index is 14.7. The average molecular weight is 465 g/mol. The van der Waals surface area contributed by atoms with Crippen LogP contribution >= 0.6 is 0 Å². The van der Waals surface area contributed by atoms with Gasteiger partial charge in [0.2, 0.25) is 5.95 Å². The highest BCUT2D eigenvalue weighted by Gasteiger charge is 2.26. The number of hydrogen-bond donors (Lipinski definition) is 1. The van der Waals surface area contributed by atoms with Gasteiger partial charge in [-0.25, -0.2) is 19.2 Å². The summed E-state index contributed by atoms with van der Waals surface area (Å²) in [5.41, 5.74) is 1.17. The first-order valence-corrected chi connectivity index (χ1v) is 11.5. The Morgan fingerprint density at radius 1 is 1.03 bits per heavy atom. The lowest BCUT2D eigenvalue weighted by atomic mass is 9.96. The first kappa shape index (κ1) is 22.0. The van der Waals surface area contributed by atoms with Crippen molar-refractivity contribution in [2.45, 2.75) is 32.2 Å². The largest absolute Gasteiger partial charge is 0.337 e. The molecule has 176 valence electrons. The lowest BCUT2D eigenvalue weighted by molar-refractivity contribution is 0.0741. The van der Waals surface area contributed by atoms with Crippen LogP contribution in [0.25, 0.3) is 0 Å². The Bertz CT molecular complexity index is 1330. The smallest absolute Gasteiger partial charge is 0.328 e. The summed E-state index contributed by atoms with van der Waals surface area (Å²) in [7, 11) is 0. The molecule has 3 heterocycles. The van der Waals surface area contributed by atoms with E-state index in [1.165, 1.54) is 16.7 Å². The maximum absolute atomic E-state index is 14.7. The molecule has 1 aliphatic heterocycles. The standard InChI is InChI=1S/C24H25FN6O3/c25-19-7-6-16(15-31-20-5-2-1-4-17(20)21(32)28-24(31)34)14-18(19)22(33)29-10-12-30(13-11-29)23-26-8-3-9-27-23/h3,6-9,14H,1-2,4-5,10-13,15H2,(H,28,32,34). The van der Waals surface area contributed by atoms with E-state index in [-0.39, 0.29) is 23.6 Å². The van der Waals surface area contributed by atoms with E-state index in [0.29, 0.717) is 56.1 Å². The molecule has 1 aromatic carbocycles. The summed E-state index contributed by atoms with van der Waals surface area (Å²) < 4.78 is 16.2. The van der Waals surface area contributed by atoms with Gasteiger partial charge in [-0.1, -0.05) is 6.07 Å². The Morgan fingerprint density at radius 3 is 2.53 bits per heavy atom. The number of fused-ring (bicyclic) bond motifs is 1. The normalized spacial score (nSPS) is 15.8. The van der Waals surface area contributed by atoms with Crippen molar-refractivity contribution in [1.82, 2.24) is 24.4 Å². The topological polar surface area (TPSA) is 104 Å². The number of piperazine rings is 1. The number of halogens is 1. The molecular weight excluding hydrogens is 439 g/mol. The van der Waals surface area contributed by atoms with Gasteiger partial charge in [-0.2, -0.15) is 0 Å². The minimum atomic E-state index is -0.599. The zero-order chi connectivity index (χ0) is 23.7. The Morgan fingerprint density at radius 2 is 1.76 bits per heavy atom. The van der Waals surface area contributed by atoms with E-state index in [1.54, 1.807) is 29.4 Å². The van der Waals surface area contributed by atoms with Gasteiger partial charge in [0.1, 0.15) is 5.82 Å². The first-order valence-electron chi connectivity index (χ1n) is 11.5. The van der Waals surface area contributed by atoms with E-state index < -0.39 is 11.5 Å². The number of aromatic amines is 1. The Balaban J connectivity index is 1.35. The average Bonchev–Trinajstić information content (AvgIpc) is 2.88. The molecule has 5 rings (SSSR count). The van der Waals surface area contributed by atoms with Crippen LogP contribution < -0.4 is 16.1 Å². The minimum Gasteiger partial charge on any atom is -0.337 e. The molecule has 1 aliphatic carbocycles. The number of benzene rings is 1. The predicted molar refractivity (Wildman–Crippen MR) is 124 cm³/mol. The van der Waals surface area contributed by atoms with Gasteiger partial charge in [-0.15, -0.1) is 0 Å². The van der Waals surface area contributed by atoms with Gasteiger partial charge in [0.15, 0.2) is 0 Å². The van der Waals surface area contributed by atoms with Crippen LogP contribution in [-0.2, 0) is 19.4 Å². The van der Waals surface area contributed by atoms with E-state index in [4.69, 9.17) is 0 Å². The second-order valence-electron chi connectivity index (χ2n) is 8.62. The summed E-state index contributed by atoms with van der Waals surface area (Å²) in [6, 6.07) is 6.09. The molecule has 1 fully saturated rings. The summed E-state index contributed by atoms with van der Waals surface area (Å²) >= 11 is 0. The van der Waals surface area contributed by atoms with Crippen LogP contribution in [0.1, 0.15) is 40.0 Å². The van der Waals surface area contributed by atoms with Crippen LogP contribution in [0.3, 0.4) is 0 Å². The molecule has 1 amide bonds. The van der Waals surface area contributed by atoms with Crippen molar-refractivity contribution in [2.75, 3.05) is 31.1 Å². The molecule has 0 bridgehead atoms. The van der Waals surface area contributed by atoms with Crippen LogP contribution in [0.2, 0.25) is 0 Å². The summed E-state index contributed by atoms with van der Waals surface area (Å²) in [6.45, 7) is 2.12. The molecule has 0 saturated carbocycles. The Labute approximate surface area is 194 Å². The molecule has 0 spiro atoms. The SMILES string of the molecule is O=C(c1cc(Cn2c3c(c(=O)[nH]c2=O)CCCC3)ccc1F)N1CCN(c2ncccn2)CC1. The number of hydrogen-bond acceptors (Lipinski definition) is 6. The van der Waals surface area contributed by atoms with Crippen LogP contribution in [0.15, 0.2) is 46.2 Å². The Hall–Kier alpha value is -3.82. The lowest BCUT2D eigenvalue weighted by Crippen LogP contribution is -2.49. The van der Waals surface area contributed by atoms with Crippen molar-refractivity contribution in [3.8, 4) is 0 Å². The molecule has 0 radical (unpaired) electrons. The van der Waals surface area contributed by atoms with E-state index in [9.17, 15) is 18.8 Å². The van der Waals surface area contributed by atoms with E-state index in [1.807, 2.05) is 4.90 Å². The number of amides is 1. The second-order valence-corrected chi connectivity index (χ2v) is 8.62. The number of nitrogens with one attached hydrogen (secondary N) is 1. The number of carbonyl (C=O) groups excluding carboxylic acids is 1. The van der Waals surface area contributed by atoms with Crippen LogP contribution in [-0.4, -0.2) is 56.5 Å². The number of anilines is 1. The number of carbonyl (C=O) groups is 1. The molecule has 0 unspecified atom stereocenters. The molecule has 3 aromatic rings. The second kappa shape index (κ2) is 9.20. The van der Waals surface area contributed by atoms with E-state index in [2.05, 4.69) is 15.0 Å². The third-order valence-corrected chi connectivity index (χ3v) is 6.51. The van der Waals surface area contributed by atoms with Crippen molar-refractivity contribution in [3.05, 3.63) is 85.7 Å². The summed E-state index contributed by atoms with van der Waals surface area (Å²) in [5, 5.41) is 0. The van der Waals surface area contributed by atoms with Crippen LogP contribution in [0, 0.1) is 5.82 Å². The predicted octanol–water partition coefficient (Wildman–Crippen LogP) is 1.36. The fraction of sp³-hybridized carbons (Fsp3) is 0.375. The fourth-order valence-corrected chi connectivity index (χ4v) is 4.71. The van der Waals surface area contributed by atoms with Crippen molar-refractivity contribution in [3.63, 3.8) is 0 Å². The monoisotopic (exact) mass is 464 g/mol. The third kappa shape index (κ3) is 4.23. The molecule has 34 heavy (non-hydrogen) atoms. The molecule has 2 aliphatic rings. The van der Waals surface area contributed by atoms with Crippen molar-refractivity contribution in [1.29, 1.82) is 0 Å². The van der Waals surface area contributed by atoms with Gasteiger partial charge >= 0.3 is 5.69 Å². The molecule has 0 atom stereocenters. The molecule has 1 N–H and O–H groups in total. The summed E-state index contributed by atoms with van der Waals surface area (Å²) in [4.78, 5) is 52.3. The van der Waals surface area contributed by atoms with Crippen molar-refractivity contribution < 1.29 is 9.18 Å². The molecular formula is C24H25FN6O3. The van der Waals surface area contributed by atoms with Crippen LogP contribution in [0.4, 0.5) is 10.3 Å². The minimum absolute atomic E-state index is 0.0201. The molecule has 1 saturated heterocycles. The van der Waals surface area contributed by atoms with Crippen molar-refractivity contribution >= 4 is 11.9 Å². The van der Waals surface area contributed by atoms with Gasteiger partial charge < -0.3 is 9.80 Å². The highest BCUT2D eigenvalue weighted by molar-refractivity contribution is 5.94. The molecule has 10 heteroatoms. The lowest BCUT2D eigenvalue weighted by Gasteiger charge is -2.34. The van der Waals surface area contributed by atoms with Gasteiger partial charge in [0.25, 0.3) is 11.5 Å². The summed E-state index contributed by atoms with van der Waals surface area (Å²) in [6.07, 6.45) is 6.45.